The largest absolute Gasteiger partial charge is 0.364 e. The lowest BCUT2D eigenvalue weighted by Crippen LogP contribution is -2.14. The van der Waals surface area contributed by atoms with Crippen molar-refractivity contribution in [2.45, 2.75) is 0 Å². The smallest absolute Gasteiger partial charge is 0.269 e. The summed E-state index contributed by atoms with van der Waals surface area (Å²) in [5, 5.41) is 7.79. The number of rotatable bonds is 1. The Morgan fingerprint density at radius 1 is 1.20 bits per heavy atom. The molecule has 2 rings (SSSR count). The Labute approximate surface area is 84.6 Å². The molecule has 0 aliphatic rings. The second kappa shape index (κ2) is 3.45. The molecule has 1 aromatic carbocycles. The van der Waals surface area contributed by atoms with Gasteiger partial charge in [-0.1, -0.05) is 12.1 Å². The maximum atomic E-state index is 11.6. The number of primary amides is 1. The average Bonchev–Trinajstić information content (AvgIpc) is 2.39. The van der Waals surface area contributed by atoms with Gasteiger partial charge in [-0.2, -0.15) is 0 Å². The van der Waals surface area contributed by atoms with Gasteiger partial charge in [0.15, 0.2) is 11.1 Å². The number of fused-ring (bicyclic) bond motifs is 1. The van der Waals surface area contributed by atoms with E-state index < -0.39 is 5.91 Å². The van der Waals surface area contributed by atoms with Crippen LogP contribution in [0.4, 0.5) is 0 Å². The van der Waals surface area contributed by atoms with Crippen molar-refractivity contribution in [3.05, 3.63) is 46.2 Å². The van der Waals surface area contributed by atoms with Crippen molar-refractivity contribution in [2.75, 3.05) is 0 Å². The molecule has 2 N–H and O–H groups in total. The highest BCUT2D eigenvalue weighted by atomic mass is 16.1. The zero-order valence-corrected chi connectivity index (χ0v) is 7.68. The molecule has 0 saturated heterocycles. The molecule has 5 nitrogen and oxygen atoms in total. The Morgan fingerprint density at radius 3 is 2.67 bits per heavy atom. The maximum Gasteiger partial charge on any atom is 0.269 e. The van der Waals surface area contributed by atoms with Gasteiger partial charge in [-0.3, -0.25) is 9.59 Å². The minimum atomic E-state index is -0.764. The van der Waals surface area contributed by atoms with E-state index in [0.717, 1.165) is 6.07 Å². The van der Waals surface area contributed by atoms with E-state index in [2.05, 4.69) is 10.2 Å². The molecule has 1 amide bonds. The van der Waals surface area contributed by atoms with E-state index >= 15 is 0 Å². The first-order valence-corrected chi connectivity index (χ1v) is 4.25. The number of carbonyl (C=O) groups is 1. The van der Waals surface area contributed by atoms with E-state index in [0.29, 0.717) is 10.9 Å². The number of hydrogen-bond donors (Lipinski definition) is 1. The second-order valence-corrected chi connectivity index (χ2v) is 2.98. The quantitative estimate of drug-likeness (QED) is 0.708. The molecule has 5 heteroatoms. The Kier molecular flexibility index (Phi) is 2.13. The fraction of sp³-hybridized carbons (Fsp3) is 0. The number of nitrogens with two attached hydrogens (primary N) is 1. The normalized spacial score (nSPS) is 10.1. The number of benzene rings is 1. The third kappa shape index (κ3) is 1.67. The van der Waals surface area contributed by atoms with Gasteiger partial charge in [0.2, 0.25) is 0 Å². The molecule has 2 aromatic rings. The van der Waals surface area contributed by atoms with E-state index in [1.165, 1.54) is 0 Å². The van der Waals surface area contributed by atoms with Crippen LogP contribution in [0.3, 0.4) is 0 Å². The molecule has 0 spiro atoms. The molecule has 0 unspecified atom stereocenters. The van der Waals surface area contributed by atoms with E-state index in [9.17, 15) is 9.59 Å². The average molecular weight is 201 g/mol. The van der Waals surface area contributed by atoms with Crippen LogP contribution in [0.15, 0.2) is 35.1 Å². The number of amides is 1. The van der Waals surface area contributed by atoms with E-state index in [1.807, 2.05) is 0 Å². The molecule has 0 bridgehead atoms. The summed E-state index contributed by atoms with van der Waals surface area (Å²) < 4.78 is 0. The van der Waals surface area contributed by atoms with Crippen LogP contribution in [-0.2, 0) is 0 Å². The molecule has 0 fully saturated rings. The van der Waals surface area contributed by atoms with Gasteiger partial charge in [-0.15, -0.1) is 10.2 Å². The highest BCUT2D eigenvalue weighted by molar-refractivity contribution is 5.91. The summed E-state index contributed by atoms with van der Waals surface area (Å²) in [6.07, 6.45) is 0. The van der Waals surface area contributed by atoms with E-state index in [-0.39, 0.29) is 11.1 Å². The fourth-order valence-corrected chi connectivity index (χ4v) is 1.23. The molecule has 1 aromatic heterocycles. The first kappa shape index (κ1) is 9.26. The van der Waals surface area contributed by atoms with Crippen LogP contribution < -0.4 is 11.2 Å². The summed E-state index contributed by atoms with van der Waals surface area (Å²) in [5.74, 6) is -0.764. The van der Waals surface area contributed by atoms with Crippen LogP contribution >= 0.6 is 0 Å². The third-order valence-electron chi connectivity index (χ3n) is 1.96. The summed E-state index contributed by atoms with van der Waals surface area (Å²) in [7, 11) is 0. The van der Waals surface area contributed by atoms with Crippen molar-refractivity contribution >= 4 is 16.8 Å². The molecule has 0 atom stereocenters. The van der Waals surface area contributed by atoms with Crippen molar-refractivity contribution in [3.8, 4) is 0 Å². The summed E-state index contributed by atoms with van der Waals surface area (Å²) in [4.78, 5) is 22.5. The zero-order chi connectivity index (χ0) is 10.8. The Bertz CT molecular complexity index is 595. The summed E-state index contributed by atoms with van der Waals surface area (Å²) >= 11 is 0. The lowest BCUT2D eigenvalue weighted by Gasteiger charge is -1.84. The number of nitrogens with zero attached hydrogens (tertiary/aromatic N) is 2. The van der Waals surface area contributed by atoms with Gasteiger partial charge in [0.1, 0.15) is 0 Å². The first-order chi connectivity index (χ1) is 7.18. The summed E-state index contributed by atoms with van der Waals surface area (Å²) in [5.41, 5.74) is 5.02. The Hall–Kier alpha value is -2.30. The van der Waals surface area contributed by atoms with Gasteiger partial charge in [0, 0.05) is 11.5 Å². The Morgan fingerprint density at radius 2 is 1.93 bits per heavy atom. The van der Waals surface area contributed by atoms with E-state index in [4.69, 9.17) is 5.73 Å². The van der Waals surface area contributed by atoms with Crippen LogP contribution in [0.5, 0.6) is 0 Å². The highest BCUT2D eigenvalue weighted by Crippen LogP contribution is 2.03. The topological polar surface area (TPSA) is 85.9 Å². The molecule has 15 heavy (non-hydrogen) atoms. The Balaban J connectivity index is 2.90. The molecule has 0 radical (unpaired) electrons. The van der Waals surface area contributed by atoms with Crippen molar-refractivity contribution < 1.29 is 4.79 Å². The molecular weight excluding hydrogens is 194 g/mol. The third-order valence-corrected chi connectivity index (χ3v) is 1.96. The van der Waals surface area contributed by atoms with Gasteiger partial charge in [-0.25, -0.2) is 0 Å². The SMILES string of the molecule is NC(=O)c1cc(=O)c2ccccc2nn1. The predicted octanol–water partition coefficient (Wildman–Crippen LogP) is 0.0889. The number of carbonyl (C=O) groups excluding carboxylic acids is 1. The van der Waals surface area contributed by atoms with Gasteiger partial charge in [0.05, 0.1) is 5.52 Å². The van der Waals surface area contributed by atoms with Crippen LogP contribution in [0.1, 0.15) is 10.5 Å². The van der Waals surface area contributed by atoms with Gasteiger partial charge >= 0.3 is 0 Å². The maximum absolute atomic E-state index is 11.6. The van der Waals surface area contributed by atoms with Crippen LogP contribution in [-0.4, -0.2) is 16.1 Å². The minimum absolute atomic E-state index is 0.129. The molecule has 0 aliphatic carbocycles. The second-order valence-electron chi connectivity index (χ2n) is 2.98. The van der Waals surface area contributed by atoms with Crippen molar-refractivity contribution in [3.63, 3.8) is 0 Å². The van der Waals surface area contributed by atoms with Crippen molar-refractivity contribution in [2.24, 2.45) is 5.73 Å². The highest BCUT2D eigenvalue weighted by Gasteiger charge is 2.04. The number of aromatic nitrogens is 2. The first-order valence-electron chi connectivity index (χ1n) is 4.25. The molecule has 1 heterocycles. The lowest BCUT2D eigenvalue weighted by molar-refractivity contribution is 0.0995. The monoisotopic (exact) mass is 201 g/mol. The van der Waals surface area contributed by atoms with Gasteiger partial charge < -0.3 is 5.73 Å². The fourth-order valence-electron chi connectivity index (χ4n) is 1.23. The lowest BCUT2D eigenvalue weighted by atomic mass is 10.2. The van der Waals surface area contributed by atoms with Crippen molar-refractivity contribution in [1.82, 2.24) is 10.2 Å². The predicted molar refractivity (Wildman–Crippen MR) is 54.3 cm³/mol. The minimum Gasteiger partial charge on any atom is -0.364 e. The molecule has 0 saturated carbocycles. The summed E-state index contributed by atoms with van der Waals surface area (Å²) in [6.45, 7) is 0. The molecule has 74 valence electrons. The van der Waals surface area contributed by atoms with Crippen molar-refractivity contribution in [1.29, 1.82) is 0 Å². The van der Waals surface area contributed by atoms with E-state index in [1.54, 1.807) is 24.3 Å². The van der Waals surface area contributed by atoms with Gasteiger partial charge in [-0.05, 0) is 12.1 Å². The number of hydrogen-bond acceptors (Lipinski definition) is 4. The zero-order valence-electron chi connectivity index (χ0n) is 7.68. The standard InChI is InChI=1S/C10H7N3O2/c11-10(15)8-5-9(14)6-3-1-2-4-7(6)12-13-8/h1-5H,(H2,11,15). The van der Waals surface area contributed by atoms with Crippen LogP contribution in [0.25, 0.3) is 10.9 Å². The van der Waals surface area contributed by atoms with Crippen LogP contribution in [0.2, 0.25) is 0 Å². The van der Waals surface area contributed by atoms with Crippen LogP contribution in [0, 0.1) is 0 Å². The summed E-state index contributed by atoms with van der Waals surface area (Å²) in [6, 6.07) is 7.82. The molecule has 0 aliphatic heterocycles. The van der Waals surface area contributed by atoms with Gasteiger partial charge in [0.25, 0.3) is 5.91 Å². The molecular formula is C10H7N3O2.